The number of aryl methyl sites for hydroxylation is 1. The molecule has 1 heterocycles. The SMILES string of the molecule is Cc1ccc(C2(C)CCC(C)N2)cc1. The molecule has 76 valence electrons. The zero-order valence-electron chi connectivity index (χ0n) is 9.30. The second-order valence-electron chi connectivity index (χ2n) is 4.78. The molecule has 0 aromatic heterocycles. The molecule has 1 aliphatic rings. The van der Waals surface area contributed by atoms with Gasteiger partial charge < -0.3 is 5.32 Å². The number of nitrogens with one attached hydrogen (secondary N) is 1. The number of hydrogen-bond acceptors (Lipinski definition) is 1. The van der Waals surface area contributed by atoms with E-state index in [0.717, 1.165) is 0 Å². The highest BCUT2D eigenvalue weighted by Gasteiger charge is 2.33. The summed E-state index contributed by atoms with van der Waals surface area (Å²) in [5.74, 6) is 0. The van der Waals surface area contributed by atoms with Crippen molar-refractivity contribution in [3.8, 4) is 0 Å². The molecule has 1 N–H and O–H groups in total. The van der Waals surface area contributed by atoms with Crippen LogP contribution in [-0.2, 0) is 5.54 Å². The molecule has 2 rings (SSSR count). The van der Waals surface area contributed by atoms with Crippen LogP contribution >= 0.6 is 0 Å². The largest absolute Gasteiger partial charge is 0.305 e. The predicted molar refractivity (Wildman–Crippen MR) is 60.4 cm³/mol. The molecule has 2 unspecified atom stereocenters. The highest BCUT2D eigenvalue weighted by molar-refractivity contribution is 5.28. The first-order valence-electron chi connectivity index (χ1n) is 5.45. The summed E-state index contributed by atoms with van der Waals surface area (Å²) in [6, 6.07) is 9.55. The summed E-state index contributed by atoms with van der Waals surface area (Å²) in [6.07, 6.45) is 2.53. The van der Waals surface area contributed by atoms with Crippen LogP contribution in [0.4, 0.5) is 0 Å². The Balaban J connectivity index is 2.26. The average Bonchev–Trinajstić information content (AvgIpc) is 2.48. The highest BCUT2D eigenvalue weighted by atomic mass is 15.0. The smallest absolute Gasteiger partial charge is 0.0408 e. The molecule has 0 spiro atoms. The van der Waals surface area contributed by atoms with E-state index in [-0.39, 0.29) is 5.54 Å². The molecule has 0 radical (unpaired) electrons. The molecular weight excluding hydrogens is 170 g/mol. The lowest BCUT2D eigenvalue weighted by Crippen LogP contribution is -2.36. The minimum atomic E-state index is 0.202. The summed E-state index contributed by atoms with van der Waals surface area (Å²) in [5.41, 5.74) is 2.96. The standard InChI is InChI=1S/C13H19N/c1-10-4-6-12(7-5-10)13(3)9-8-11(2)14-13/h4-7,11,14H,8-9H2,1-3H3. The van der Waals surface area contributed by atoms with E-state index >= 15 is 0 Å². The van der Waals surface area contributed by atoms with Gasteiger partial charge in [0.25, 0.3) is 0 Å². The van der Waals surface area contributed by atoms with E-state index in [1.54, 1.807) is 0 Å². The van der Waals surface area contributed by atoms with Gasteiger partial charge in [0.15, 0.2) is 0 Å². The third-order valence-electron chi connectivity index (χ3n) is 3.33. The van der Waals surface area contributed by atoms with E-state index in [0.29, 0.717) is 6.04 Å². The van der Waals surface area contributed by atoms with Crippen LogP contribution in [0.3, 0.4) is 0 Å². The lowest BCUT2D eigenvalue weighted by Gasteiger charge is -2.26. The van der Waals surface area contributed by atoms with Crippen LogP contribution in [0.15, 0.2) is 24.3 Å². The zero-order chi connectivity index (χ0) is 10.2. The van der Waals surface area contributed by atoms with Crippen molar-refractivity contribution in [3.05, 3.63) is 35.4 Å². The Bertz CT molecular complexity index is 315. The topological polar surface area (TPSA) is 12.0 Å². The van der Waals surface area contributed by atoms with Crippen molar-refractivity contribution in [2.45, 2.75) is 45.2 Å². The quantitative estimate of drug-likeness (QED) is 0.716. The van der Waals surface area contributed by atoms with Crippen LogP contribution in [0, 0.1) is 6.92 Å². The van der Waals surface area contributed by atoms with Crippen LogP contribution in [0.5, 0.6) is 0 Å². The van der Waals surface area contributed by atoms with Crippen molar-refractivity contribution >= 4 is 0 Å². The Morgan fingerprint density at radius 2 is 1.93 bits per heavy atom. The molecule has 0 bridgehead atoms. The molecule has 1 nitrogen and oxygen atoms in total. The minimum absolute atomic E-state index is 0.202. The fourth-order valence-electron chi connectivity index (χ4n) is 2.34. The van der Waals surface area contributed by atoms with Gasteiger partial charge in [-0.2, -0.15) is 0 Å². The molecule has 1 aromatic carbocycles. The summed E-state index contributed by atoms with van der Waals surface area (Å²) in [7, 11) is 0. The maximum Gasteiger partial charge on any atom is 0.0408 e. The lowest BCUT2D eigenvalue weighted by atomic mass is 9.90. The van der Waals surface area contributed by atoms with Gasteiger partial charge in [-0.25, -0.2) is 0 Å². The van der Waals surface area contributed by atoms with Gasteiger partial charge >= 0.3 is 0 Å². The molecular formula is C13H19N. The average molecular weight is 189 g/mol. The number of hydrogen-bond donors (Lipinski definition) is 1. The van der Waals surface area contributed by atoms with E-state index in [2.05, 4.69) is 50.4 Å². The molecule has 0 aliphatic carbocycles. The maximum absolute atomic E-state index is 3.67. The summed E-state index contributed by atoms with van der Waals surface area (Å²) in [4.78, 5) is 0. The van der Waals surface area contributed by atoms with Crippen molar-refractivity contribution in [1.82, 2.24) is 5.32 Å². The summed E-state index contributed by atoms with van der Waals surface area (Å²) in [6.45, 7) is 6.71. The van der Waals surface area contributed by atoms with Gasteiger partial charge in [-0.05, 0) is 39.2 Å². The second kappa shape index (κ2) is 3.39. The second-order valence-corrected chi connectivity index (χ2v) is 4.78. The molecule has 1 aromatic rings. The van der Waals surface area contributed by atoms with E-state index in [1.807, 2.05) is 0 Å². The molecule has 1 aliphatic heterocycles. The Hall–Kier alpha value is -0.820. The van der Waals surface area contributed by atoms with Crippen LogP contribution in [0.25, 0.3) is 0 Å². The Kier molecular flexibility index (Phi) is 2.36. The van der Waals surface area contributed by atoms with Gasteiger partial charge in [-0.1, -0.05) is 29.8 Å². The first-order chi connectivity index (χ1) is 6.60. The molecule has 14 heavy (non-hydrogen) atoms. The zero-order valence-corrected chi connectivity index (χ0v) is 9.30. The van der Waals surface area contributed by atoms with Crippen molar-refractivity contribution in [3.63, 3.8) is 0 Å². The van der Waals surface area contributed by atoms with E-state index in [1.165, 1.54) is 24.0 Å². The van der Waals surface area contributed by atoms with E-state index in [9.17, 15) is 0 Å². The van der Waals surface area contributed by atoms with Gasteiger partial charge in [0.2, 0.25) is 0 Å². The first-order valence-corrected chi connectivity index (χ1v) is 5.45. The first kappa shape index (κ1) is 9.72. The van der Waals surface area contributed by atoms with Crippen LogP contribution in [0.1, 0.15) is 37.8 Å². The minimum Gasteiger partial charge on any atom is -0.305 e. The Labute approximate surface area is 86.5 Å². The Morgan fingerprint density at radius 1 is 1.29 bits per heavy atom. The Morgan fingerprint density at radius 3 is 2.43 bits per heavy atom. The highest BCUT2D eigenvalue weighted by Crippen LogP contribution is 2.32. The molecule has 2 atom stereocenters. The number of benzene rings is 1. The molecule has 0 amide bonds. The molecule has 1 heteroatoms. The van der Waals surface area contributed by atoms with Crippen molar-refractivity contribution in [2.75, 3.05) is 0 Å². The van der Waals surface area contributed by atoms with Crippen molar-refractivity contribution in [1.29, 1.82) is 0 Å². The normalized spacial score (nSPS) is 32.1. The fourth-order valence-corrected chi connectivity index (χ4v) is 2.34. The van der Waals surface area contributed by atoms with Crippen molar-refractivity contribution < 1.29 is 0 Å². The van der Waals surface area contributed by atoms with Gasteiger partial charge in [-0.15, -0.1) is 0 Å². The summed E-state index contributed by atoms with van der Waals surface area (Å²) in [5, 5.41) is 3.67. The summed E-state index contributed by atoms with van der Waals surface area (Å²) >= 11 is 0. The predicted octanol–water partition coefficient (Wildman–Crippen LogP) is 2.98. The maximum atomic E-state index is 3.67. The fraction of sp³-hybridized carbons (Fsp3) is 0.538. The lowest BCUT2D eigenvalue weighted by molar-refractivity contribution is 0.413. The monoisotopic (exact) mass is 189 g/mol. The van der Waals surface area contributed by atoms with Gasteiger partial charge in [0.05, 0.1) is 0 Å². The molecule has 1 fully saturated rings. The third-order valence-corrected chi connectivity index (χ3v) is 3.33. The number of rotatable bonds is 1. The van der Waals surface area contributed by atoms with Crippen LogP contribution < -0.4 is 5.32 Å². The van der Waals surface area contributed by atoms with Gasteiger partial charge in [-0.3, -0.25) is 0 Å². The van der Waals surface area contributed by atoms with E-state index < -0.39 is 0 Å². The van der Waals surface area contributed by atoms with Crippen LogP contribution in [0.2, 0.25) is 0 Å². The van der Waals surface area contributed by atoms with Crippen molar-refractivity contribution in [2.24, 2.45) is 0 Å². The molecule has 0 saturated carbocycles. The van der Waals surface area contributed by atoms with Crippen LogP contribution in [-0.4, -0.2) is 6.04 Å². The molecule has 1 saturated heterocycles. The third kappa shape index (κ3) is 1.69. The van der Waals surface area contributed by atoms with Gasteiger partial charge in [0, 0.05) is 11.6 Å². The van der Waals surface area contributed by atoms with E-state index in [4.69, 9.17) is 0 Å². The van der Waals surface area contributed by atoms with Gasteiger partial charge in [0.1, 0.15) is 0 Å². The summed E-state index contributed by atoms with van der Waals surface area (Å²) < 4.78 is 0.